The molecule has 2 rings (SSSR count). The van der Waals surface area contributed by atoms with Crippen LogP contribution in [0.4, 0.5) is 4.39 Å². The van der Waals surface area contributed by atoms with Crippen LogP contribution in [0.15, 0.2) is 18.2 Å². The molecule has 0 saturated carbocycles. The van der Waals surface area contributed by atoms with Crippen LogP contribution >= 0.6 is 0 Å². The molecule has 0 spiro atoms. The van der Waals surface area contributed by atoms with Crippen molar-refractivity contribution < 1.29 is 9.50 Å². The van der Waals surface area contributed by atoms with Gasteiger partial charge in [-0.15, -0.1) is 5.10 Å². The highest BCUT2D eigenvalue weighted by molar-refractivity contribution is 5.56. The molecule has 6 heteroatoms. The van der Waals surface area contributed by atoms with E-state index in [-0.39, 0.29) is 17.1 Å². The highest BCUT2D eigenvalue weighted by atomic mass is 19.1. The molecule has 0 saturated heterocycles. The van der Waals surface area contributed by atoms with E-state index in [0.717, 1.165) is 6.07 Å². The lowest BCUT2D eigenvalue weighted by Crippen LogP contribution is -1.86. The number of phenolic OH excluding ortho intramolecular Hbond substituents is 1. The van der Waals surface area contributed by atoms with Crippen LogP contribution < -0.4 is 0 Å². The molecule has 0 unspecified atom stereocenters. The van der Waals surface area contributed by atoms with Gasteiger partial charge in [0.15, 0.2) is 5.82 Å². The molecule has 0 atom stereocenters. The largest absolute Gasteiger partial charge is 0.508 e. The fourth-order valence-corrected chi connectivity index (χ4v) is 0.969. The summed E-state index contributed by atoms with van der Waals surface area (Å²) in [6.07, 6.45) is 0. The maximum absolute atomic E-state index is 13.1. The van der Waals surface area contributed by atoms with Gasteiger partial charge in [0.1, 0.15) is 11.6 Å². The summed E-state index contributed by atoms with van der Waals surface area (Å²) in [5.74, 6) is -0.468. The summed E-state index contributed by atoms with van der Waals surface area (Å²) in [6.45, 7) is 0. The molecule has 0 aliphatic carbocycles. The van der Waals surface area contributed by atoms with Crippen LogP contribution in [0.5, 0.6) is 5.75 Å². The number of halogens is 1. The van der Waals surface area contributed by atoms with E-state index >= 15 is 0 Å². The lowest BCUT2D eigenvalue weighted by Gasteiger charge is -1.97. The Morgan fingerprint density at radius 3 is 2.85 bits per heavy atom. The number of hydrogen-bond donors (Lipinski definition) is 2. The molecular formula is C7H5FN4O. The Hall–Kier alpha value is -1.98. The van der Waals surface area contributed by atoms with E-state index in [1.165, 1.54) is 12.1 Å². The number of rotatable bonds is 1. The maximum Gasteiger partial charge on any atom is 0.182 e. The van der Waals surface area contributed by atoms with E-state index in [9.17, 15) is 4.39 Å². The van der Waals surface area contributed by atoms with E-state index in [4.69, 9.17) is 5.11 Å². The van der Waals surface area contributed by atoms with E-state index in [1.807, 2.05) is 0 Å². The van der Waals surface area contributed by atoms with Gasteiger partial charge in [-0.05, 0) is 22.6 Å². The van der Waals surface area contributed by atoms with Gasteiger partial charge in [-0.25, -0.2) is 9.49 Å². The van der Waals surface area contributed by atoms with Crippen LogP contribution in [0.2, 0.25) is 0 Å². The Kier molecular flexibility index (Phi) is 1.66. The van der Waals surface area contributed by atoms with Crippen LogP contribution in [0.3, 0.4) is 0 Å². The Morgan fingerprint density at radius 2 is 2.23 bits per heavy atom. The Bertz CT molecular complexity index is 414. The summed E-state index contributed by atoms with van der Waals surface area (Å²) in [4.78, 5) is 0. The van der Waals surface area contributed by atoms with Crippen molar-refractivity contribution in [1.82, 2.24) is 20.6 Å². The average molecular weight is 180 g/mol. The molecule has 2 aromatic rings. The third-order valence-corrected chi connectivity index (χ3v) is 1.55. The molecule has 0 bridgehead atoms. The number of nitrogens with zero attached hydrogens (tertiary/aromatic N) is 3. The molecule has 0 radical (unpaired) electrons. The molecule has 1 heterocycles. The van der Waals surface area contributed by atoms with Crippen molar-refractivity contribution in [2.75, 3.05) is 0 Å². The molecule has 0 fully saturated rings. The fraction of sp³-hybridized carbons (Fsp3) is 0. The number of tetrazole rings is 1. The van der Waals surface area contributed by atoms with Gasteiger partial charge in [0, 0.05) is 6.07 Å². The van der Waals surface area contributed by atoms with Crippen molar-refractivity contribution in [3.63, 3.8) is 0 Å². The maximum atomic E-state index is 13.1. The summed E-state index contributed by atoms with van der Waals surface area (Å²) >= 11 is 0. The summed E-state index contributed by atoms with van der Waals surface area (Å²) < 4.78 is 13.1. The number of benzene rings is 1. The first kappa shape index (κ1) is 7.66. The van der Waals surface area contributed by atoms with Gasteiger partial charge in [-0.3, -0.25) is 0 Å². The molecule has 0 amide bonds. The second-order valence-electron chi connectivity index (χ2n) is 2.41. The van der Waals surface area contributed by atoms with Crippen molar-refractivity contribution in [2.45, 2.75) is 0 Å². The zero-order valence-corrected chi connectivity index (χ0v) is 6.40. The third kappa shape index (κ3) is 1.33. The normalized spacial score (nSPS) is 10.2. The van der Waals surface area contributed by atoms with Gasteiger partial charge in [0.2, 0.25) is 0 Å². The predicted octanol–water partition coefficient (Wildman–Crippen LogP) is 0.711. The average Bonchev–Trinajstić information content (AvgIpc) is 2.56. The number of aromatic hydroxyl groups is 1. The summed E-state index contributed by atoms with van der Waals surface area (Å²) in [5, 5.41) is 21.5. The molecule has 66 valence electrons. The van der Waals surface area contributed by atoms with E-state index in [1.54, 1.807) is 0 Å². The third-order valence-electron chi connectivity index (χ3n) is 1.55. The number of aromatic amines is 1. The summed E-state index contributed by atoms with van der Waals surface area (Å²) in [6, 6.07) is 3.76. The first-order valence-electron chi connectivity index (χ1n) is 3.50. The van der Waals surface area contributed by atoms with Crippen molar-refractivity contribution in [2.24, 2.45) is 0 Å². The SMILES string of the molecule is Oc1ccc(-c2nnn[nH]2)c(F)c1. The van der Waals surface area contributed by atoms with Gasteiger partial charge in [0.05, 0.1) is 5.56 Å². The van der Waals surface area contributed by atoms with Crippen molar-refractivity contribution in [3.8, 4) is 17.1 Å². The predicted molar refractivity (Wildman–Crippen MR) is 41.2 cm³/mol. The van der Waals surface area contributed by atoms with Gasteiger partial charge in [0.25, 0.3) is 0 Å². The highest BCUT2D eigenvalue weighted by Gasteiger charge is 2.08. The first-order chi connectivity index (χ1) is 6.27. The Morgan fingerprint density at radius 1 is 1.38 bits per heavy atom. The van der Waals surface area contributed by atoms with Crippen LogP contribution in [0.25, 0.3) is 11.4 Å². The number of H-pyrrole nitrogens is 1. The minimum absolute atomic E-state index is 0.131. The highest BCUT2D eigenvalue weighted by Crippen LogP contribution is 2.21. The monoisotopic (exact) mass is 180 g/mol. The van der Waals surface area contributed by atoms with Crippen LogP contribution in [-0.4, -0.2) is 25.7 Å². The minimum Gasteiger partial charge on any atom is -0.508 e. The van der Waals surface area contributed by atoms with Gasteiger partial charge in [-0.2, -0.15) is 0 Å². The van der Waals surface area contributed by atoms with Crippen LogP contribution in [0, 0.1) is 5.82 Å². The molecule has 13 heavy (non-hydrogen) atoms. The van der Waals surface area contributed by atoms with Crippen molar-refractivity contribution in [3.05, 3.63) is 24.0 Å². The smallest absolute Gasteiger partial charge is 0.182 e. The molecule has 2 N–H and O–H groups in total. The lowest BCUT2D eigenvalue weighted by molar-refractivity contribution is 0.469. The first-order valence-corrected chi connectivity index (χ1v) is 3.50. The minimum atomic E-state index is -0.571. The second-order valence-corrected chi connectivity index (χ2v) is 2.41. The molecular weight excluding hydrogens is 175 g/mol. The van der Waals surface area contributed by atoms with E-state index in [2.05, 4.69) is 20.6 Å². The summed E-state index contributed by atoms with van der Waals surface area (Å²) in [7, 11) is 0. The Balaban J connectivity index is 2.53. The molecule has 0 aliphatic heterocycles. The second kappa shape index (κ2) is 2.81. The quantitative estimate of drug-likeness (QED) is 0.677. The van der Waals surface area contributed by atoms with Crippen molar-refractivity contribution in [1.29, 1.82) is 0 Å². The summed E-state index contributed by atoms with van der Waals surface area (Å²) in [5.41, 5.74) is 0.225. The van der Waals surface area contributed by atoms with Gasteiger partial charge >= 0.3 is 0 Å². The molecule has 1 aromatic carbocycles. The Labute approximate surface area is 72.2 Å². The fourth-order valence-electron chi connectivity index (χ4n) is 0.969. The standard InChI is InChI=1S/C7H5FN4O/c8-6-3-4(13)1-2-5(6)7-9-11-12-10-7/h1-3,13H,(H,9,10,11,12). The number of aromatic nitrogens is 4. The number of nitrogens with one attached hydrogen (secondary N) is 1. The molecule has 0 aliphatic rings. The number of phenols is 1. The van der Waals surface area contributed by atoms with Crippen LogP contribution in [0.1, 0.15) is 0 Å². The number of hydrogen-bond acceptors (Lipinski definition) is 4. The van der Waals surface area contributed by atoms with E-state index < -0.39 is 5.82 Å². The van der Waals surface area contributed by atoms with Crippen LogP contribution in [-0.2, 0) is 0 Å². The van der Waals surface area contributed by atoms with Gasteiger partial charge in [-0.1, -0.05) is 0 Å². The topological polar surface area (TPSA) is 74.7 Å². The van der Waals surface area contributed by atoms with Gasteiger partial charge < -0.3 is 5.11 Å². The van der Waals surface area contributed by atoms with Crippen molar-refractivity contribution >= 4 is 0 Å². The van der Waals surface area contributed by atoms with E-state index in [0.29, 0.717) is 0 Å². The zero-order chi connectivity index (χ0) is 9.26. The zero-order valence-electron chi connectivity index (χ0n) is 6.40. The molecule has 1 aromatic heterocycles. The lowest BCUT2D eigenvalue weighted by atomic mass is 10.2. The molecule has 5 nitrogen and oxygen atoms in total.